The van der Waals surface area contributed by atoms with Crippen LogP contribution in [-0.4, -0.2) is 71.2 Å². The molecule has 3 aromatic rings. The highest BCUT2D eigenvalue weighted by Gasteiger charge is 2.29. The van der Waals surface area contributed by atoms with Gasteiger partial charge in [0.1, 0.15) is 0 Å². The number of pyridine rings is 1. The second-order valence-corrected chi connectivity index (χ2v) is 15.2. The number of benzene rings is 1. The smallest absolute Gasteiger partial charge is 0.325 e. The van der Waals surface area contributed by atoms with E-state index in [0.29, 0.717) is 48.9 Å². The molecule has 2 amide bonds. The molecule has 0 spiro atoms. The van der Waals surface area contributed by atoms with Crippen molar-refractivity contribution in [3.05, 3.63) is 53.9 Å². The van der Waals surface area contributed by atoms with Crippen molar-refractivity contribution in [3.8, 4) is 0 Å². The minimum atomic E-state index is -4.17. The maximum atomic E-state index is 13.5. The van der Waals surface area contributed by atoms with Crippen molar-refractivity contribution < 1.29 is 31.2 Å². The Morgan fingerprint density at radius 1 is 1.05 bits per heavy atom. The number of ketones is 1. The van der Waals surface area contributed by atoms with Crippen LogP contribution in [0.2, 0.25) is 0 Å². The fraction of sp³-hybridized carbons (Fsp3) is 0.407. The number of hydrogen-bond donors (Lipinski definition) is 3. The van der Waals surface area contributed by atoms with Crippen LogP contribution in [0.25, 0.3) is 0 Å². The van der Waals surface area contributed by atoms with Crippen molar-refractivity contribution in [2.75, 3.05) is 48.1 Å². The summed E-state index contributed by atoms with van der Waals surface area (Å²) in [4.78, 5) is 36.9. The summed E-state index contributed by atoms with van der Waals surface area (Å²) in [6, 6.07) is 8.97. The van der Waals surface area contributed by atoms with Gasteiger partial charge in [0.15, 0.2) is 20.1 Å². The number of carbonyl (C=O) groups is 2. The lowest BCUT2D eigenvalue weighted by Gasteiger charge is -2.29. The van der Waals surface area contributed by atoms with Gasteiger partial charge in [-0.15, -0.1) is 0 Å². The zero-order chi connectivity index (χ0) is 30.6. The summed E-state index contributed by atoms with van der Waals surface area (Å²) < 4.78 is 57.5. The lowest BCUT2D eigenvalue weighted by molar-refractivity contribution is 0.0923. The number of nitrogens with zero attached hydrogens (tertiary/aromatic N) is 3. The van der Waals surface area contributed by atoms with Crippen LogP contribution in [0.4, 0.5) is 21.3 Å². The standard InChI is InChI=1S/C27H32N6O7S3/c1-42(36,37)29-17-22-25(43(38,39)23-8-4-5-11-28-23)41-27(31-22)32-26(35)30-21-10-9-19(33-12-14-40-15-13-33)16-20(21)24(34)18-6-2-3-7-18/h4-5,8-11,16,18,29H,2-3,6-7,12-15,17H2,1H3,(H2,30,31,32,35). The molecule has 0 atom stereocenters. The Bertz CT molecular complexity index is 1700. The van der Waals surface area contributed by atoms with Crippen LogP contribution in [0.15, 0.2) is 51.8 Å². The maximum absolute atomic E-state index is 13.5. The van der Waals surface area contributed by atoms with Crippen LogP contribution >= 0.6 is 11.3 Å². The van der Waals surface area contributed by atoms with Crippen molar-refractivity contribution in [1.29, 1.82) is 0 Å². The van der Waals surface area contributed by atoms with Crippen molar-refractivity contribution in [2.45, 2.75) is 41.5 Å². The average molecular weight is 649 g/mol. The number of sulfone groups is 1. The fourth-order valence-corrected chi connectivity index (χ4v) is 8.15. The topological polar surface area (TPSA) is 177 Å². The first-order valence-corrected chi connectivity index (χ1v) is 17.9. The number of carbonyl (C=O) groups excluding carboxylic acids is 2. The van der Waals surface area contributed by atoms with Gasteiger partial charge in [0.05, 0.1) is 37.4 Å². The number of thiazole rings is 1. The minimum absolute atomic E-state index is 0.0324. The van der Waals surface area contributed by atoms with E-state index in [9.17, 15) is 26.4 Å². The Balaban J connectivity index is 1.41. The monoisotopic (exact) mass is 648 g/mol. The van der Waals surface area contributed by atoms with E-state index in [0.717, 1.165) is 37.6 Å². The second-order valence-electron chi connectivity index (χ2n) is 10.3. The number of Topliss-reactive ketones (excluding diaryl/α,β-unsaturated/α-hetero) is 1. The molecule has 1 saturated carbocycles. The molecule has 43 heavy (non-hydrogen) atoms. The number of hydrogen-bond acceptors (Lipinski definition) is 11. The van der Waals surface area contributed by atoms with E-state index >= 15 is 0 Å². The van der Waals surface area contributed by atoms with Gasteiger partial charge in [-0.2, -0.15) is 0 Å². The largest absolute Gasteiger partial charge is 0.378 e. The molecule has 1 aromatic carbocycles. The predicted octanol–water partition coefficient (Wildman–Crippen LogP) is 3.27. The van der Waals surface area contributed by atoms with Crippen LogP contribution in [0.1, 0.15) is 41.7 Å². The van der Waals surface area contributed by atoms with Gasteiger partial charge in [0.25, 0.3) is 0 Å². The van der Waals surface area contributed by atoms with E-state index in [4.69, 9.17) is 4.74 Å². The van der Waals surface area contributed by atoms with E-state index in [1.165, 1.54) is 18.3 Å². The Labute approximate surface area is 254 Å². The highest BCUT2D eigenvalue weighted by molar-refractivity contribution is 7.93. The Morgan fingerprint density at radius 3 is 2.47 bits per heavy atom. The number of aromatic nitrogens is 2. The van der Waals surface area contributed by atoms with Crippen LogP contribution in [-0.2, 0) is 31.1 Å². The first-order valence-electron chi connectivity index (χ1n) is 13.7. The van der Waals surface area contributed by atoms with Crippen molar-refractivity contribution in [2.24, 2.45) is 5.92 Å². The number of ether oxygens (including phenoxy) is 1. The maximum Gasteiger partial charge on any atom is 0.325 e. The third kappa shape index (κ3) is 7.56. The molecule has 16 heteroatoms. The predicted molar refractivity (Wildman–Crippen MR) is 162 cm³/mol. The van der Waals surface area contributed by atoms with Crippen molar-refractivity contribution >= 4 is 59.5 Å². The Kier molecular flexibility index (Phi) is 9.41. The highest BCUT2D eigenvalue weighted by Crippen LogP contribution is 2.34. The van der Waals surface area contributed by atoms with Gasteiger partial charge in [-0.05, 0) is 43.2 Å². The molecule has 2 aliphatic rings. The van der Waals surface area contributed by atoms with Crippen molar-refractivity contribution in [3.63, 3.8) is 0 Å². The average Bonchev–Trinajstić information content (AvgIpc) is 3.67. The number of rotatable bonds is 10. The summed E-state index contributed by atoms with van der Waals surface area (Å²) in [5, 5.41) is 4.95. The molecule has 5 rings (SSSR count). The van der Waals surface area contributed by atoms with Gasteiger partial charge in [0.2, 0.25) is 19.9 Å². The third-order valence-corrected chi connectivity index (χ3v) is 11.1. The molecule has 0 radical (unpaired) electrons. The van der Waals surface area contributed by atoms with E-state index in [-0.39, 0.29) is 31.8 Å². The van der Waals surface area contributed by atoms with Gasteiger partial charge in [-0.1, -0.05) is 30.2 Å². The molecule has 3 N–H and O–H groups in total. The Hall–Kier alpha value is -3.44. The van der Waals surface area contributed by atoms with Crippen molar-refractivity contribution in [1.82, 2.24) is 14.7 Å². The molecule has 1 aliphatic heterocycles. The van der Waals surface area contributed by atoms with Crippen LogP contribution in [0.3, 0.4) is 0 Å². The normalized spacial score (nSPS) is 16.3. The lowest BCUT2D eigenvalue weighted by Crippen LogP contribution is -2.36. The number of urea groups is 1. The molecule has 1 aliphatic carbocycles. The molecule has 2 fully saturated rings. The second kappa shape index (κ2) is 13.1. The molecular weight excluding hydrogens is 617 g/mol. The van der Waals surface area contributed by atoms with Gasteiger partial charge >= 0.3 is 6.03 Å². The summed E-state index contributed by atoms with van der Waals surface area (Å²) in [5.74, 6) is -0.151. The summed E-state index contributed by atoms with van der Waals surface area (Å²) in [5.41, 5.74) is 1.50. The summed E-state index contributed by atoms with van der Waals surface area (Å²) in [6.07, 6.45) is 5.81. The molecule has 3 heterocycles. The van der Waals surface area contributed by atoms with E-state index in [1.54, 1.807) is 18.2 Å². The Morgan fingerprint density at radius 2 is 1.79 bits per heavy atom. The van der Waals surface area contributed by atoms with Gasteiger partial charge in [-0.3, -0.25) is 10.1 Å². The summed E-state index contributed by atoms with van der Waals surface area (Å²) in [7, 11) is -7.85. The molecule has 1 saturated heterocycles. The number of sulfonamides is 1. The molecule has 0 bridgehead atoms. The first kappa shape index (κ1) is 31.0. The quantitative estimate of drug-likeness (QED) is 0.277. The molecular formula is C27H32N6O7S3. The lowest BCUT2D eigenvalue weighted by atomic mass is 9.94. The highest BCUT2D eigenvalue weighted by atomic mass is 32.2. The van der Waals surface area contributed by atoms with Crippen LogP contribution < -0.4 is 20.3 Å². The van der Waals surface area contributed by atoms with Crippen LogP contribution in [0.5, 0.6) is 0 Å². The number of morpholine rings is 1. The number of nitrogens with one attached hydrogen (secondary N) is 3. The number of anilines is 3. The van der Waals surface area contributed by atoms with Gasteiger partial charge in [0, 0.05) is 36.5 Å². The molecule has 230 valence electrons. The van der Waals surface area contributed by atoms with E-state index < -0.39 is 32.4 Å². The minimum Gasteiger partial charge on any atom is -0.378 e. The van der Waals surface area contributed by atoms with Gasteiger partial charge < -0.3 is 15.0 Å². The van der Waals surface area contributed by atoms with E-state index in [2.05, 4.69) is 30.2 Å². The molecule has 2 aromatic heterocycles. The first-order chi connectivity index (χ1) is 20.5. The zero-order valence-corrected chi connectivity index (χ0v) is 25.9. The zero-order valence-electron chi connectivity index (χ0n) is 23.4. The van der Waals surface area contributed by atoms with Crippen LogP contribution in [0, 0.1) is 5.92 Å². The summed E-state index contributed by atoms with van der Waals surface area (Å²) in [6.45, 7) is 2.13. The molecule has 0 unspecified atom stereocenters. The SMILES string of the molecule is CS(=O)(=O)NCc1nc(NC(=O)Nc2ccc(N3CCOCC3)cc2C(=O)C2CCCC2)sc1S(=O)(=O)c1ccccn1. The number of amides is 2. The van der Waals surface area contributed by atoms with Gasteiger partial charge in [-0.25, -0.2) is 36.3 Å². The fourth-order valence-electron chi connectivity index (χ4n) is 5.04. The molecule has 13 nitrogen and oxygen atoms in total. The van der Waals surface area contributed by atoms with E-state index in [1.807, 2.05) is 6.07 Å². The third-order valence-electron chi connectivity index (χ3n) is 7.16. The summed E-state index contributed by atoms with van der Waals surface area (Å²) >= 11 is 0.672.